The number of thiophene rings is 1. The summed E-state index contributed by atoms with van der Waals surface area (Å²) in [6.07, 6.45) is 3.91. The lowest BCUT2D eigenvalue weighted by Crippen LogP contribution is -2.41. The molecule has 23 heavy (non-hydrogen) atoms. The van der Waals surface area contributed by atoms with Crippen LogP contribution in [0.4, 0.5) is 0 Å². The smallest absolute Gasteiger partial charge is 0.263 e. The Morgan fingerprint density at radius 1 is 1.39 bits per heavy atom. The van der Waals surface area contributed by atoms with Crippen LogP contribution in [-0.4, -0.2) is 35.5 Å². The number of piperidine rings is 1. The van der Waals surface area contributed by atoms with Crippen molar-refractivity contribution < 1.29 is 9.53 Å². The number of amides is 1. The molecule has 1 atom stereocenters. The van der Waals surface area contributed by atoms with Crippen LogP contribution in [0.25, 0.3) is 0 Å². The molecular formula is C18H22N2O2S. The van der Waals surface area contributed by atoms with Crippen LogP contribution in [0.15, 0.2) is 30.5 Å². The molecule has 3 heterocycles. The topological polar surface area (TPSA) is 42.4 Å². The zero-order valence-corrected chi connectivity index (χ0v) is 14.4. The first kappa shape index (κ1) is 16.0. The van der Waals surface area contributed by atoms with Gasteiger partial charge in [-0.15, -0.1) is 11.3 Å². The summed E-state index contributed by atoms with van der Waals surface area (Å²) < 4.78 is 5.89. The monoisotopic (exact) mass is 330 g/mol. The minimum atomic E-state index is 0.160. The Morgan fingerprint density at radius 2 is 2.26 bits per heavy atom. The average Bonchev–Trinajstić information content (AvgIpc) is 2.99. The van der Waals surface area contributed by atoms with Crippen molar-refractivity contribution in [3.8, 4) is 5.75 Å². The van der Waals surface area contributed by atoms with Gasteiger partial charge in [-0.1, -0.05) is 0 Å². The summed E-state index contributed by atoms with van der Waals surface area (Å²) in [5.74, 6) is 1.41. The summed E-state index contributed by atoms with van der Waals surface area (Å²) in [5, 5.41) is 0. The third-order valence-electron chi connectivity index (χ3n) is 4.11. The molecule has 5 heteroatoms. The molecule has 0 bridgehead atoms. The van der Waals surface area contributed by atoms with Gasteiger partial charge in [-0.2, -0.15) is 0 Å². The third-order valence-corrected chi connectivity index (χ3v) is 5.10. The number of carbonyl (C=O) groups is 1. The first-order chi connectivity index (χ1) is 11.1. The highest BCUT2D eigenvalue weighted by atomic mass is 32.1. The first-order valence-electron chi connectivity index (χ1n) is 8.03. The third kappa shape index (κ3) is 4.10. The van der Waals surface area contributed by atoms with E-state index in [0.717, 1.165) is 42.3 Å². The number of aromatic nitrogens is 1. The predicted molar refractivity (Wildman–Crippen MR) is 92.2 cm³/mol. The lowest BCUT2D eigenvalue weighted by atomic mass is 9.99. The summed E-state index contributed by atoms with van der Waals surface area (Å²) in [7, 11) is 0. The van der Waals surface area contributed by atoms with Gasteiger partial charge in [-0.05, 0) is 44.9 Å². The van der Waals surface area contributed by atoms with Gasteiger partial charge in [0.05, 0.1) is 11.5 Å². The Labute approximate surface area is 141 Å². The minimum absolute atomic E-state index is 0.160. The molecule has 2 aromatic heterocycles. The van der Waals surface area contributed by atoms with Crippen molar-refractivity contribution in [3.05, 3.63) is 45.9 Å². The van der Waals surface area contributed by atoms with Gasteiger partial charge in [0, 0.05) is 41.8 Å². The van der Waals surface area contributed by atoms with Crippen molar-refractivity contribution in [2.45, 2.75) is 26.7 Å². The number of hydrogen-bond acceptors (Lipinski definition) is 4. The molecule has 0 spiro atoms. The molecule has 0 aromatic carbocycles. The fraction of sp³-hybridized carbons (Fsp3) is 0.444. The second-order valence-corrected chi connectivity index (χ2v) is 7.40. The number of ether oxygens (including phenoxy) is 1. The molecule has 0 aliphatic carbocycles. The molecule has 1 saturated heterocycles. The fourth-order valence-corrected chi connectivity index (χ4v) is 3.75. The Morgan fingerprint density at radius 3 is 3.00 bits per heavy atom. The molecule has 2 aromatic rings. The van der Waals surface area contributed by atoms with Crippen LogP contribution in [-0.2, 0) is 0 Å². The lowest BCUT2D eigenvalue weighted by Gasteiger charge is -2.32. The molecule has 4 nitrogen and oxygen atoms in total. The largest absolute Gasteiger partial charge is 0.493 e. The normalized spacial score (nSPS) is 18.0. The Kier molecular flexibility index (Phi) is 4.96. The van der Waals surface area contributed by atoms with Crippen molar-refractivity contribution in [1.29, 1.82) is 0 Å². The molecule has 1 aliphatic heterocycles. The van der Waals surface area contributed by atoms with Crippen LogP contribution in [0, 0.1) is 19.8 Å². The second-order valence-electron chi connectivity index (χ2n) is 6.11. The highest BCUT2D eigenvalue weighted by molar-refractivity contribution is 7.13. The van der Waals surface area contributed by atoms with Crippen LogP contribution in [0.2, 0.25) is 0 Å². The maximum absolute atomic E-state index is 12.6. The van der Waals surface area contributed by atoms with Gasteiger partial charge in [-0.3, -0.25) is 9.78 Å². The number of rotatable bonds is 4. The van der Waals surface area contributed by atoms with Gasteiger partial charge < -0.3 is 9.64 Å². The Hall–Kier alpha value is -1.88. The van der Waals surface area contributed by atoms with Crippen molar-refractivity contribution in [1.82, 2.24) is 9.88 Å². The number of pyridine rings is 1. The van der Waals surface area contributed by atoms with Crippen molar-refractivity contribution >= 4 is 17.2 Å². The molecule has 0 saturated carbocycles. The zero-order valence-electron chi connectivity index (χ0n) is 13.6. The highest BCUT2D eigenvalue weighted by Crippen LogP contribution is 2.23. The van der Waals surface area contributed by atoms with Crippen molar-refractivity contribution in [2.75, 3.05) is 19.7 Å². The molecular weight excluding hydrogens is 308 g/mol. The molecule has 1 aliphatic rings. The highest BCUT2D eigenvalue weighted by Gasteiger charge is 2.25. The Balaban J connectivity index is 1.56. The van der Waals surface area contributed by atoms with E-state index >= 15 is 0 Å². The number of aryl methyl sites for hydroxylation is 2. The maximum Gasteiger partial charge on any atom is 0.263 e. The van der Waals surface area contributed by atoms with Gasteiger partial charge in [0.15, 0.2) is 0 Å². The summed E-state index contributed by atoms with van der Waals surface area (Å²) in [4.78, 5) is 20.7. The quantitative estimate of drug-likeness (QED) is 0.858. The molecule has 1 amide bonds. The standard InChI is InChI=1S/C18H22N2O2S/c1-13-10-16(7-8-19-13)22-12-15-4-3-9-20(11-15)18(21)17-6-5-14(2)23-17/h5-8,10,15H,3-4,9,11-12H2,1-2H3. The van der Waals surface area contributed by atoms with Crippen LogP contribution in [0.1, 0.15) is 33.1 Å². The second kappa shape index (κ2) is 7.13. The minimum Gasteiger partial charge on any atom is -0.493 e. The van der Waals surface area contributed by atoms with E-state index in [1.54, 1.807) is 17.5 Å². The van der Waals surface area contributed by atoms with Crippen LogP contribution in [0.3, 0.4) is 0 Å². The van der Waals surface area contributed by atoms with E-state index in [1.165, 1.54) is 4.88 Å². The van der Waals surface area contributed by atoms with Crippen LogP contribution in [0.5, 0.6) is 5.75 Å². The Bertz CT molecular complexity index is 683. The van der Waals surface area contributed by atoms with E-state index in [-0.39, 0.29) is 5.91 Å². The van der Waals surface area contributed by atoms with Gasteiger partial charge >= 0.3 is 0 Å². The lowest BCUT2D eigenvalue weighted by molar-refractivity contribution is 0.0638. The number of nitrogens with zero attached hydrogens (tertiary/aromatic N) is 2. The number of carbonyl (C=O) groups excluding carboxylic acids is 1. The summed E-state index contributed by atoms with van der Waals surface area (Å²) in [5.41, 5.74) is 0.955. The van der Waals surface area contributed by atoms with Gasteiger partial charge in [-0.25, -0.2) is 0 Å². The average molecular weight is 330 g/mol. The number of hydrogen-bond donors (Lipinski definition) is 0. The first-order valence-corrected chi connectivity index (χ1v) is 8.84. The molecule has 0 N–H and O–H groups in total. The summed E-state index contributed by atoms with van der Waals surface area (Å²) >= 11 is 1.57. The molecule has 122 valence electrons. The summed E-state index contributed by atoms with van der Waals surface area (Å²) in [6, 6.07) is 7.77. The molecule has 1 fully saturated rings. The van der Waals surface area contributed by atoms with E-state index in [9.17, 15) is 4.79 Å². The van der Waals surface area contributed by atoms with Gasteiger partial charge in [0.2, 0.25) is 0 Å². The molecule has 3 rings (SSSR count). The predicted octanol–water partition coefficient (Wildman–Crippen LogP) is 3.69. The molecule has 0 radical (unpaired) electrons. The fourth-order valence-electron chi connectivity index (χ4n) is 2.91. The SMILES string of the molecule is Cc1cc(OCC2CCCN(C(=O)c3ccc(C)s3)C2)ccn1. The van der Waals surface area contributed by atoms with E-state index in [0.29, 0.717) is 12.5 Å². The van der Waals surface area contributed by atoms with Gasteiger partial charge in [0.1, 0.15) is 5.75 Å². The number of likely N-dealkylation sites (tertiary alicyclic amines) is 1. The maximum atomic E-state index is 12.6. The van der Waals surface area contributed by atoms with E-state index < -0.39 is 0 Å². The van der Waals surface area contributed by atoms with Gasteiger partial charge in [0.25, 0.3) is 5.91 Å². The van der Waals surface area contributed by atoms with Crippen molar-refractivity contribution in [2.24, 2.45) is 5.92 Å². The van der Waals surface area contributed by atoms with Crippen LogP contribution < -0.4 is 4.74 Å². The summed E-state index contributed by atoms with van der Waals surface area (Å²) in [6.45, 7) is 6.26. The van der Waals surface area contributed by atoms with E-state index in [2.05, 4.69) is 4.98 Å². The zero-order chi connectivity index (χ0) is 16.2. The van der Waals surface area contributed by atoms with Crippen molar-refractivity contribution in [3.63, 3.8) is 0 Å². The van der Waals surface area contributed by atoms with E-state index in [1.807, 2.05) is 43.0 Å². The molecule has 1 unspecified atom stereocenters. The van der Waals surface area contributed by atoms with E-state index in [4.69, 9.17) is 4.74 Å². The van der Waals surface area contributed by atoms with Crippen LogP contribution >= 0.6 is 11.3 Å².